The van der Waals surface area contributed by atoms with Crippen molar-refractivity contribution in [1.29, 1.82) is 0 Å². The van der Waals surface area contributed by atoms with Gasteiger partial charge >= 0.3 is 0 Å². The first-order chi connectivity index (χ1) is 13.0. The molecule has 142 valence electrons. The molecule has 2 amide bonds. The Morgan fingerprint density at radius 1 is 1.15 bits per heavy atom. The fraction of sp³-hybridized carbons (Fsp3) is 0.300. The maximum absolute atomic E-state index is 13.1. The molecule has 0 radical (unpaired) electrons. The highest BCUT2D eigenvalue weighted by Gasteiger charge is 2.30. The predicted molar refractivity (Wildman–Crippen MR) is 105 cm³/mol. The van der Waals surface area contributed by atoms with Gasteiger partial charge in [0.2, 0.25) is 11.8 Å². The molecule has 3 rings (SSSR count). The summed E-state index contributed by atoms with van der Waals surface area (Å²) in [7, 11) is 0. The van der Waals surface area contributed by atoms with Gasteiger partial charge in [0.05, 0.1) is 18.0 Å². The first-order valence-corrected chi connectivity index (χ1v) is 9.78. The van der Waals surface area contributed by atoms with Crippen molar-refractivity contribution in [3.05, 3.63) is 59.9 Å². The predicted octanol–water partition coefficient (Wildman–Crippen LogP) is 3.01. The van der Waals surface area contributed by atoms with Gasteiger partial charge in [-0.05, 0) is 42.7 Å². The van der Waals surface area contributed by atoms with Gasteiger partial charge in [0, 0.05) is 17.5 Å². The van der Waals surface area contributed by atoms with Gasteiger partial charge in [-0.1, -0.05) is 24.3 Å². The molecular formula is C20H22FN3O2S. The highest BCUT2D eigenvalue weighted by Crippen LogP contribution is 2.29. The van der Waals surface area contributed by atoms with Crippen LogP contribution in [0.5, 0.6) is 0 Å². The molecule has 0 heterocycles. The third-order valence-corrected chi connectivity index (χ3v) is 5.34. The number of nitrogens with one attached hydrogen (secondary N) is 1. The van der Waals surface area contributed by atoms with E-state index in [1.807, 2.05) is 24.3 Å². The summed E-state index contributed by atoms with van der Waals surface area (Å²) in [5.41, 5.74) is 6.86. The molecular weight excluding hydrogens is 365 g/mol. The minimum Gasteiger partial charge on any atom is -0.369 e. The number of primary amides is 1. The summed E-state index contributed by atoms with van der Waals surface area (Å²) in [5, 5.41) is 2.93. The van der Waals surface area contributed by atoms with Crippen LogP contribution in [-0.2, 0) is 16.1 Å². The van der Waals surface area contributed by atoms with Crippen molar-refractivity contribution in [2.75, 3.05) is 17.6 Å². The van der Waals surface area contributed by atoms with Crippen molar-refractivity contribution in [1.82, 2.24) is 4.90 Å². The minimum absolute atomic E-state index is 0.115. The van der Waals surface area contributed by atoms with E-state index in [1.54, 1.807) is 12.1 Å². The second-order valence-electron chi connectivity index (χ2n) is 6.56. The normalized spacial score (nSPS) is 13.6. The van der Waals surface area contributed by atoms with Crippen LogP contribution < -0.4 is 11.1 Å². The Kier molecular flexibility index (Phi) is 6.47. The first kappa shape index (κ1) is 19.4. The zero-order chi connectivity index (χ0) is 19.2. The summed E-state index contributed by atoms with van der Waals surface area (Å²) in [4.78, 5) is 26.5. The third kappa shape index (κ3) is 6.08. The maximum atomic E-state index is 13.1. The summed E-state index contributed by atoms with van der Waals surface area (Å²) >= 11 is 1.30. The molecule has 0 aliphatic heterocycles. The molecule has 5 nitrogen and oxygen atoms in total. The van der Waals surface area contributed by atoms with E-state index in [2.05, 4.69) is 10.2 Å². The second-order valence-corrected chi connectivity index (χ2v) is 7.58. The SMILES string of the molecule is NC(=O)CSc1ccccc1NC(=O)CN(Cc1ccc(F)cc1)C1CC1. The number of amides is 2. The van der Waals surface area contributed by atoms with Crippen molar-refractivity contribution < 1.29 is 14.0 Å². The van der Waals surface area contributed by atoms with Gasteiger partial charge in [-0.3, -0.25) is 14.5 Å². The van der Waals surface area contributed by atoms with Gasteiger partial charge in [-0.2, -0.15) is 0 Å². The van der Waals surface area contributed by atoms with Gasteiger partial charge in [0.15, 0.2) is 0 Å². The zero-order valence-corrected chi connectivity index (χ0v) is 15.7. The summed E-state index contributed by atoms with van der Waals surface area (Å²) in [5.74, 6) is -0.623. The molecule has 0 aromatic heterocycles. The van der Waals surface area contributed by atoms with E-state index in [4.69, 9.17) is 5.73 Å². The molecule has 0 saturated heterocycles. The number of hydrogen-bond acceptors (Lipinski definition) is 4. The van der Waals surface area contributed by atoms with Crippen LogP contribution in [0.3, 0.4) is 0 Å². The zero-order valence-electron chi connectivity index (χ0n) is 14.9. The topological polar surface area (TPSA) is 75.4 Å². The third-order valence-electron chi connectivity index (χ3n) is 4.24. The van der Waals surface area contributed by atoms with Crippen LogP contribution in [0.4, 0.5) is 10.1 Å². The highest BCUT2D eigenvalue weighted by molar-refractivity contribution is 8.00. The van der Waals surface area contributed by atoms with Gasteiger partial charge in [0.25, 0.3) is 0 Å². The molecule has 27 heavy (non-hydrogen) atoms. The van der Waals surface area contributed by atoms with Crippen LogP contribution in [0.1, 0.15) is 18.4 Å². The maximum Gasteiger partial charge on any atom is 0.238 e. The van der Waals surface area contributed by atoms with Gasteiger partial charge in [0.1, 0.15) is 5.82 Å². The number of benzene rings is 2. The smallest absolute Gasteiger partial charge is 0.238 e. The molecule has 1 fully saturated rings. The monoisotopic (exact) mass is 387 g/mol. The van der Waals surface area contributed by atoms with E-state index in [0.717, 1.165) is 23.3 Å². The van der Waals surface area contributed by atoms with E-state index in [9.17, 15) is 14.0 Å². The lowest BCUT2D eigenvalue weighted by atomic mass is 10.2. The Balaban J connectivity index is 1.61. The summed E-state index contributed by atoms with van der Waals surface area (Å²) < 4.78 is 13.1. The summed E-state index contributed by atoms with van der Waals surface area (Å²) in [6, 6.07) is 14.1. The van der Waals surface area contributed by atoms with Crippen molar-refractivity contribution in [3.63, 3.8) is 0 Å². The molecule has 0 bridgehead atoms. The lowest BCUT2D eigenvalue weighted by Crippen LogP contribution is -2.34. The Labute approximate surface area is 162 Å². The van der Waals surface area contributed by atoms with Gasteiger partial charge in [-0.15, -0.1) is 11.8 Å². The van der Waals surface area contributed by atoms with E-state index < -0.39 is 5.91 Å². The van der Waals surface area contributed by atoms with Gasteiger partial charge in [-0.25, -0.2) is 4.39 Å². The largest absolute Gasteiger partial charge is 0.369 e. The number of carbonyl (C=O) groups excluding carboxylic acids is 2. The van der Waals surface area contributed by atoms with E-state index >= 15 is 0 Å². The van der Waals surface area contributed by atoms with Crippen LogP contribution >= 0.6 is 11.8 Å². The molecule has 1 aliphatic rings. The van der Waals surface area contributed by atoms with Crippen LogP contribution in [0.25, 0.3) is 0 Å². The molecule has 3 N–H and O–H groups in total. The molecule has 1 saturated carbocycles. The second kappa shape index (κ2) is 9.01. The summed E-state index contributed by atoms with van der Waals surface area (Å²) in [6.45, 7) is 0.868. The van der Waals surface area contributed by atoms with E-state index in [0.29, 0.717) is 18.3 Å². The standard InChI is InChI=1S/C20H22FN3O2S/c21-15-7-5-14(6-8-15)11-24(16-9-10-16)12-20(26)23-17-3-1-2-4-18(17)27-13-19(22)25/h1-8,16H,9-13H2,(H2,22,25)(H,23,26). The number of nitrogens with zero attached hydrogens (tertiary/aromatic N) is 1. The van der Waals surface area contributed by atoms with Crippen molar-refractivity contribution >= 4 is 29.3 Å². The first-order valence-electron chi connectivity index (χ1n) is 8.80. The van der Waals surface area contributed by atoms with E-state index in [1.165, 1.54) is 23.9 Å². The number of thioether (sulfide) groups is 1. The number of rotatable bonds is 9. The van der Waals surface area contributed by atoms with E-state index in [-0.39, 0.29) is 24.0 Å². The molecule has 2 aromatic carbocycles. The molecule has 0 atom stereocenters. The number of anilines is 1. The number of para-hydroxylation sites is 1. The Bertz CT molecular complexity index is 809. The van der Waals surface area contributed by atoms with Crippen molar-refractivity contribution in [2.45, 2.75) is 30.3 Å². The van der Waals surface area contributed by atoms with Crippen molar-refractivity contribution in [2.24, 2.45) is 5.73 Å². The van der Waals surface area contributed by atoms with Crippen LogP contribution in [0, 0.1) is 5.82 Å². The lowest BCUT2D eigenvalue weighted by molar-refractivity contribution is -0.117. The molecule has 1 aliphatic carbocycles. The Morgan fingerprint density at radius 2 is 1.85 bits per heavy atom. The molecule has 0 spiro atoms. The fourth-order valence-electron chi connectivity index (χ4n) is 2.80. The van der Waals surface area contributed by atoms with Crippen LogP contribution in [-0.4, -0.2) is 35.1 Å². The molecule has 7 heteroatoms. The number of nitrogens with two attached hydrogens (primary N) is 1. The average molecular weight is 387 g/mol. The Morgan fingerprint density at radius 3 is 2.52 bits per heavy atom. The summed E-state index contributed by atoms with van der Waals surface area (Å²) in [6.07, 6.45) is 2.14. The average Bonchev–Trinajstić information content (AvgIpc) is 3.47. The Hall–Kier alpha value is -2.38. The minimum atomic E-state index is -0.402. The molecule has 2 aromatic rings. The quantitative estimate of drug-likeness (QED) is 0.649. The number of hydrogen-bond donors (Lipinski definition) is 2. The van der Waals surface area contributed by atoms with Crippen LogP contribution in [0.2, 0.25) is 0 Å². The van der Waals surface area contributed by atoms with Gasteiger partial charge < -0.3 is 11.1 Å². The number of halogens is 1. The molecule has 0 unspecified atom stereocenters. The lowest BCUT2D eigenvalue weighted by Gasteiger charge is -2.22. The van der Waals surface area contributed by atoms with Crippen LogP contribution in [0.15, 0.2) is 53.4 Å². The highest BCUT2D eigenvalue weighted by atomic mass is 32.2. The van der Waals surface area contributed by atoms with Crippen molar-refractivity contribution in [3.8, 4) is 0 Å². The fourth-order valence-corrected chi connectivity index (χ4v) is 3.54. The number of carbonyl (C=O) groups is 2.